The summed E-state index contributed by atoms with van der Waals surface area (Å²) in [6.45, 7) is 12.8. The van der Waals surface area contributed by atoms with E-state index in [0.717, 1.165) is 62.8 Å². The van der Waals surface area contributed by atoms with Crippen LogP contribution in [0.3, 0.4) is 0 Å². The first kappa shape index (κ1) is 71.4. The van der Waals surface area contributed by atoms with Crippen LogP contribution in [0.2, 0.25) is 0 Å². The van der Waals surface area contributed by atoms with Crippen LogP contribution in [0.4, 0.5) is 21.1 Å². The number of carbonyl (C=O) groups is 8. The van der Waals surface area contributed by atoms with E-state index in [2.05, 4.69) is 68.9 Å². The minimum atomic E-state index is -1.36. The summed E-state index contributed by atoms with van der Waals surface area (Å²) < 4.78 is 29.8. The number of azide groups is 1. The Morgan fingerprint density at radius 2 is 1.43 bits per heavy atom. The normalized spacial score (nSPS) is 14.9. The third kappa shape index (κ3) is 27.4. The molecule has 0 bridgehead atoms. The summed E-state index contributed by atoms with van der Waals surface area (Å²) in [6, 6.07) is 1.97. The maximum Gasteiger partial charge on any atom is 0.407 e. The first-order chi connectivity index (χ1) is 41.8. The Morgan fingerprint density at radius 3 is 2.08 bits per heavy atom. The first-order valence-corrected chi connectivity index (χ1v) is 29.9. The van der Waals surface area contributed by atoms with Gasteiger partial charge < -0.3 is 82.0 Å². The molecule has 0 spiro atoms. The van der Waals surface area contributed by atoms with E-state index in [-0.39, 0.29) is 102 Å². The van der Waals surface area contributed by atoms with Crippen LogP contribution in [0.5, 0.6) is 5.88 Å². The molecule has 0 unspecified atom stereocenters. The number of hydrogen-bond acceptors (Lipinski definition) is 18. The van der Waals surface area contributed by atoms with Gasteiger partial charge in [-0.05, 0) is 113 Å². The van der Waals surface area contributed by atoms with Gasteiger partial charge >= 0.3 is 18.1 Å². The lowest BCUT2D eigenvalue weighted by Crippen LogP contribution is -2.57. The van der Waals surface area contributed by atoms with Gasteiger partial charge in [-0.1, -0.05) is 44.4 Å². The fourth-order valence-corrected chi connectivity index (χ4v) is 9.42. The SMILES string of the molecule is CCCCc1nc2c(N)nnc(OC(C)C)c2n1CC1CCC(CNC(=O)OCc2ccc(NC(=O)[C@H](CCCNC(N)=O)NC(=O)[C@@H](NC(=O)[C@H](CCC(=O)O)NC(=O)CCCC(=O)NCCOCCOCCOCCN=[N+]=[N-])C(C)C)cc2)CC1. The van der Waals surface area contributed by atoms with E-state index in [9.17, 15) is 43.5 Å². The molecular weight excluding hydrogens is 1130 g/mol. The number of unbranched alkanes of at least 4 members (excludes halogenated alkanes) is 1. The summed E-state index contributed by atoms with van der Waals surface area (Å²) in [5.74, 6) is -2.68. The van der Waals surface area contributed by atoms with E-state index in [4.69, 9.17) is 45.7 Å². The van der Waals surface area contributed by atoms with Crippen LogP contribution < -0.4 is 53.4 Å². The zero-order chi connectivity index (χ0) is 63.5. The average Bonchev–Trinajstić information content (AvgIpc) is 1.95. The number of nitrogens with two attached hydrogens (primary N) is 2. The van der Waals surface area contributed by atoms with E-state index < -0.39 is 72.2 Å². The molecule has 3 atom stereocenters. The lowest BCUT2D eigenvalue weighted by Gasteiger charge is -2.29. The lowest BCUT2D eigenvalue weighted by molar-refractivity contribution is -0.138. The molecule has 8 amide bonds. The number of anilines is 2. The van der Waals surface area contributed by atoms with Crippen molar-refractivity contribution in [3.05, 3.63) is 46.1 Å². The maximum absolute atomic E-state index is 13.9. The molecule has 482 valence electrons. The summed E-state index contributed by atoms with van der Waals surface area (Å²) in [6.07, 6.45) is 5.24. The van der Waals surface area contributed by atoms with Gasteiger partial charge in [0.1, 0.15) is 41.6 Å². The number of nitrogens with one attached hydrogen (secondary N) is 7. The van der Waals surface area contributed by atoms with Crippen molar-refractivity contribution >= 4 is 70.2 Å². The molecular formula is C57H90N16O14. The van der Waals surface area contributed by atoms with Gasteiger partial charge in [0.2, 0.25) is 29.5 Å². The van der Waals surface area contributed by atoms with E-state index >= 15 is 0 Å². The van der Waals surface area contributed by atoms with Crippen LogP contribution in [0.1, 0.15) is 129 Å². The van der Waals surface area contributed by atoms with Gasteiger partial charge in [-0.25, -0.2) is 14.6 Å². The van der Waals surface area contributed by atoms with Crippen molar-refractivity contribution in [1.29, 1.82) is 0 Å². The zero-order valence-electron chi connectivity index (χ0n) is 50.8. The molecule has 2 heterocycles. The van der Waals surface area contributed by atoms with E-state index in [0.29, 0.717) is 61.5 Å². The number of ether oxygens (including phenoxy) is 5. The average molecular weight is 1220 g/mol. The Balaban J connectivity index is 1.23. The molecule has 3 aromatic rings. The third-order valence-electron chi connectivity index (χ3n) is 14.0. The number of hydrogen-bond donors (Lipinski definition) is 10. The number of primary amides is 1. The van der Waals surface area contributed by atoms with Crippen LogP contribution >= 0.6 is 0 Å². The van der Waals surface area contributed by atoms with Crippen LogP contribution in [0.15, 0.2) is 29.4 Å². The van der Waals surface area contributed by atoms with E-state index in [1.165, 1.54) is 0 Å². The van der Waals surface area contributed by atoms with Crippen LogP contribution in [-0.2, 0) is 67.3 Å². The molecule has 1 aliphatic rings. The van der Waals surface area contributed by atoms with Crippen molar-refractivity contribution in [2.45, 2.75) is 162 Å². The van der Waals surface area contributed by atoms with Crippen LogP contribution in [0, 0.1) is 17.8 Å². The topological polar surface area (TPSA) is 432 Å². The van der Waals surface area contributed by atoms with Crippen molar-refractivity contribution in [2.24, 2.45) is 28.6 Å². The molecule has 87 heavy (non-hydrogen) atoms. The van der Waals surface area contributed by atoms with Gasteiger partial charge in [0.15, 0.2) is 5.82 Å². The summed E-state index contributed by atoms with van der Waals surface area (Å²) in [5.41, 5.74) is 22.1. The predicted octanol–water partition coefficient (Wildman–Crippen LogP) is 4.28. The fraction of sp³-hybridized carbons (Fsp3) is 0.667. The van der Waals surface area contributed by atoms with Crippen molar-refractivity contribution in [2.75, 3.05) is 76.9 Å². The van der Waals surface area contributed by atoms with E-state index in [1.807, 2.05) is 13.8 Å². The van der Waals surface area contributed by atoms with Gasteiger partial charge in [0, 0.05) is 69.0 Å². The number of urea groups is 1. The molecule has 1 aliphatic carbocycles. The number of benzene rings is 1. The number of fused-ring (bicyclic) bond motifs is 1. The zero-order valence-corrected chi connectivity index (χ0v) is 50.8. The second kappa shape index (κ2) is 39.6. The van der Waals surface area contributed by atoms with Gasteiger partial charge in [-0.2, -0.15) is 0 Å². The Kier molecular flexibility index (Phi) is 32.5. The molecule has 0 radical (unpaired) electrons. The Bertz CT molecular complexity index is 2720. The molecule has 1 aromatic carbocycles. The number of nitrogens with zero attached hydrogens (tertiary/aromatic N) is 7. The van der Waals surface area contributed by atoms with Crippen LogP contribution in [-0.4, -0.2) is 163 Å². The number of alkyl carbamates (subject to hydrolysis) is 1. The van der Waals surface area contributed by atoms with Crippen LogP contribution in [0.25, 0.3) is 21.5 Å². The molecule has 30 nitrogen and oxygen atoms in total. The molecule has 2 aromatic heterocycles. The minimum Gasteiger partial charge on any atom is -0.481 e. The molecule has 1 fully saturated rings. The summed E-state index contributed by atoms with van der Waals surface area (Å²) in [5, 5.41) is 39.8. The van der Waals surface area contributed by atoms with Gasteiger partial charge in [0.05, 0.1) is 45.7 Å². The highest BCUT2D eigenvalue weighted by molar-refractivity contribution is 5.99. The maximum atomic E-state index is 13.9. The minimum absolute atomic E-state index is 0.0192. The largest absolute Gasteiger partial charge is 0.481 e. The standard InChI is InChI=1S/C57H90N16O14/c1-6-7-11-44-68-49-50(55(87-37(4)5)71-70-51(49)58)73(44)34-39-16-14-38(15-17-39)33-63-57(82)86-35-40-18-20-41(21-19-40)65-52(78)42(10-9-24-62-56(59)81)67-54(80)48(36(2)3)69-53(79)43(22-23-47(76)77)66-46(75)13-8-12-45(74)61-25-27-83-29-31-85-32-30-84-28-26-64-72-60/h18-21,36-39,42-43,48H,6-17,22-35H2,1-5H3,(H2,58,70)(H,61,74)(H,63,82)(H,65,78)(H,66,75)(H,67,80)(H,69,79)(H,76,77)(H3,59,62,81)/t38?,39?,42-,43-,48-/m0/s1. The number of carboxylic acid groups (broad SMARTS) is 1. The number of carbonyl (C=O) groups excluding carboxylic acids is 7. The number of aromatic nitrogens is 4. The number of imidazole rings is 1. The first-order valence-electron chi connectivity index (χ1n) is 29.9. The summed E-state index contributed by atoms with van der Waals surface area (Å²) >= 11 is 0. The van der Waals surface area contributed by atoms with Gasteiger partial charge in [-0.3, -0.25) is 28.8 Å². The highest BCUT2D eigenvalue weighted by Gasteiger charge is 2.32. The quantitative estimate of drug-likeness (QED) is 0.0164. The number of aliphatic carboxylic acids is 1. The second-order valence-electron chi connectivity index (χ2n) is 21.8. The smallest absolute Gasteiger partial charge is 0.407 e. The molecule has 1 saturated carbocycles. The molecule has 0 aliphatic heterocycles. The monoisotopic (exact) mass is 1220 g/mol. The number of aryl methyl sites for hydroxylation is 1. The summed E-state index contributed by atoms with van der Waals surface area (Å²) in [7, 11) is 0. The van der Waals surface area contributed by atoms with Crippen molar-refractivity contribution in [3.63, 3.8) is 0 Å². The fourth-order valence-electron chi connectivity index (χ4n) is 9.42. The van der Waals surface area contributed by atoms with Gasteiger partial charge in [0.25, 0.3) is 5.88 Å². The lowest BCUT2D eigenvalue weighted by atomic mass is 9.82. The Hall–Kier alpha value is -8.08. The highest BCUT2D eigenvalue weighted by atomic mass is 16.6. The number of carboxylic acids is 1. The molecule has 30 heteroatoms. The predicted molar refractivity (Wildman–Crippen MR) is 320 cm³/mol. The number of rotatable bonds is 42. The number of nitrogen functional groups attached to an aromatic ring is 1. The van der Waals surface area contributed by atoms with E-state index in [1.54, 1.807) is 38.1 Å². The Morgan fingerprint density at radius 1 is 0.759 bits per heavy atom. The molecule has 4 rings (SSSR count). The number of amides is 8. The van der Waals surface area contributed by atoms with Crippen molar-refractivity contribution < 1.29 is 67.1 Å². The molecule has 0 saturated heterocycles. The summed E-state index contributed by atoms with van der Waals surface area (Å²) in [4.78, 5) is 110. The van der Waals surface area contributed by atoms with Gasteiger partial charge in [-0.15, -0.1) is 10.2 Å². The molecule has 12 N–H and O–H groups in total. The van der Waals surface area contributed by atoms with Crippen molar-refractivity contribution in [1.82, 2.24) is 51.6 Å². The highest BCUT2D eigenvalue weighted by Crippen LogP contribution is 2.34. The Labute approximate surface area is 506 Å². The van der Waals surface area contributed by atoms with Crippen molar-refractivity contribution in [3.8, 4) is 5.88 Å². The third-order valence-corrected chi connectivity index (χ3v) is 14.0. The second-order valence-corrected chi connectivity index (χ2v) is 21.8.